The molecule has 0 atom stereocenters. The Labute approximate surface area is 124 Å². The van der Waals surface area contributed by atoms with Gasteiger partial charge in [0.05, 0.1) is 6.20 Å². The molecule has 1 aromatic carbocycles. The minimum absolute atomic E-state index is 0.109. The van der Waals surface area contributed by atoms with E-state index in [1.165, 1.54) is 17.3 Å². The fraction of sp³-hybridized carbons (Fsp3) is 0.357. The maximum atomic E-state index is 12.4. The standard InChI is InChI=1S/C14H18N4O2S/c1-15-8-12-9-16-17-14(12)21(19,20)18-13-6-5-10-3-2-4-11(10)7-13/h5-7,9,15,18H,2-4,8H2,1H3,(H,16,17). The van der Waals surface area contributed by atoms with Crippen molar-refractivity contribution in [2.75, 3.05) is 11.8 Å². The molecule has 1 heterocycles. The minimum atomic E-state index is -3.65. The van der Waals surface area contributed by atoms with Crippen molar-refractivity contribution in [3.8, 4) is 0 Å². The summed E-state index contributed by atoms with van der Waals surface area (Å²) in [6.07, 6.45) is 4.75. The smallest absolute Gasteiger partial charge is 0.279 e. The van der Waals surface area contributed by atoms with Gasteiger partial charge < -0.3 is 5.32 Å². The molecule has 3 rings (SSSR count). The van der Waals surface area contributed by atoms with Gasteiger partial charge in [0.15, 0.2) is 5.03 Å². The fourth-order valence-corrected chi connectivity index (χ4v) is 3.87. The number of fused-ring (bicyclic) bond motifs is 1. The van der Waals surface area contributed by atoms with Gasteiger partial charge in [-0.15, -0.1) is 0 Å². The summed E-state index contributed by atoms with van der Waals surface area (Å²) in [6, 6.07) is 5.74. The average Bonchev–Trinajstić information content (AvgIpc) is 3.06. The summed E-state index contributed by atoms with van der Waals surface area (Å²) in [7, 11) is -1.89. The normalized spacial score (nSPS) is 14.1. The summed E-state index contributed by atoms with van der Waals surface area (Å²) in [5, 5.41) is 9.42. The number of aromatic amines is 1. The Hall–Kier alpha value is -1.86. The summed E-state index contributed by atoms with van der Waals surface area (Å²) in [6.45, 7) is 0.441. The molecular weight excluding hydrogens is 288 g/mol. The van der Waals surface area contributed by atoms with Crippen molar-refractivity contribution in [1.82, 2.24) is 15.5 Å². The SMILES string of the molecule is CNCc1cn[nH]c1S(=O)(=O)Nc1ccc2c(c1)CCC2. The van der Waals surface area contributed by atoms with Gasteiger partial charge in [0, 0.05) is 17.8 Å². The third kappa shape index (κ3) is 2.79. The number of H-pyrrole nitrogens is 1. The molecule has 7 heteroatoms. The van der Waals surface area contributed by atoms with E-state index in [0.29, 0.717) is 17.8 Å². The van der Waals surface area contributed by atoms with Crippen LogP contribution in [0.4, 0.5) is 5.69 Å². The van der Waals surface area contributed by atoms with E-state index in [-0.39, 0.29) is 5.03 Å². The Kier molecular flexibility index (Phi) is 3.69. The average molecular weight is 306 g/mol. The van der Waals surface area contributed by atoms with Gasteiger partial charge in [0.1, 0.15) is 0 Å². The molecule has 0 spiro atoms. The van der Waals surface area contributed by atoms with Crippen molar-refractivity contribution in [2.24, 2.45) is 0 Å². The molecule has 21 heavy (non-hydrogen) atoms. The summed E-state index contributed by atoms with van der Waals surface area (Å²) < 4.78 is 27.5. The van der Waals surface area contributed by atoms with E-state index in [9.17, 15) is 8.42 Å². The van der Waals surface area contributed by atoms with Crippen LogP contribution in [-0.2, 0) is 29.4 Å². The predicted octanol–water partition coefficient (Wildman–Crippen LogP) is 1.42. The van der Waals surface area contributed by atoms with E-state index < -0.39 is 10.0 Å². The van der Waals surface area contributed by atoms with Crippen molar-refractivity contribution in [3.63, 3.8) is 0 Å². The first-order valence-electron chi connectivity index (χ1n) is 6.91. The van der Waals surface area contributed by atoms with Gasteiger partial charge in [-0.05, 0) is 49.6 Å². The number of nitrogens with zero attached hydrogens (tertiary/aromatic N) is 1. The molecule has 0 bridgehead atoms. The van der Waals surface area contributed by atoms with E-state index >= 15 is 0 Å². The molecule has 6 nitrogen and oxygen atoms in total. The highest BCUT2D eigenvalue weighted by molar-refractivity contribution is 7.92. The number of anilines is 1. The zero-order valence-corrected chi connectivity index (χ0v) is 12.6. The number of aromatic nitrogens is 2. The quantitative estimate of drug-likeness (QED) is 0.779. The zero-order valence-electron chi connectivity index (χ0n) is 11.8. The van der Waals surface area contributed by atoms with Gasteiger partial charge in [-0.25, -0.2) is 0 Å². The molecule has 0 unspecified atom stereocenters. The number of rotatable bonds is 5. The topological polar surface area (TPSA) is 86.9 Å². The maximum absolute atomic E-state index is 12.4. The maximum Gasteiger partial charge on any atom is 0.279 e. The van der Waals surface area contributed by atoms with Gasteiger partial charge in [0.25, 0.3) is 10.0 Å². The number of aryl methyl sites for hydroxylation is 2. The van der Waals surface area contributed by atoms with E-state index in [1.807, 2.05) is 18.2 Å². The first-order chi connectivity index (χ1) is 10.1. The first-order valence-corrected chi connectivity index (χ1v) is 8.40. The Balaban J connectivity index is 1.87. The molecule has 0 radical (unpaired) electrons. The van der Waals surface area contributed by atoms with Crippen molar-refractivity contribution >= 4 is 15.7 Å². The fourth-order valence-electron chi connectivity index (χ4n) is 2.69. The van der Waals surface area contributed by atoms with Crippen LogP contribution in [-0.4, -0.2) is 25.7 Å². The lowest BCUT2D eigenvalue weighted by Crippen LogP contribution is -2.17. The monoisotopic (exact) mass is 306 g/mol. The van der Waals surface area contributed by atoms with Gasteiger partial charge in [-0.1, -0.05) is 6.07 Å². The van der Waals surface area contributed by atoms with Crippen molar-refractivity contribution < 1.29 is 8.42 Å². The molecule has 0 aliphatic heterocycles. The molecular formula is C14H18N4O2S. The molecule has 1 aliphatic carbocycles. The first kappa shape index (κ1) is 14.1. The molecule has 0 saturated carbocycles. The molecule has 0 amide bonds. The largest absolute Gasteiger partial charge is 0.316 e. The highest BCUT2D eigenvalue weighted by Gasteiger charge is 2.21. The minimum Gasteiger partial charge on any atom is -0.316 e. The van der Waals surface area contributed by atoms with E-state index in [4.69, 9.17) is 0 Å². The van der Waals surface area contributed by atoms with E-state index in [1.54, 1.807) is 7.05 Å². The Morgan fingerprint density at radius 1 is 1.29 bits per heavy atom. The van der Waals surface area contributed by atoms with Gasteiger partial charge >= 0.3 is 0 Å². The number of benzene rings is 1. The van der Waals surface area contributed by atoms with Gasteiger partial charge in [0.2, 0.25) is 0 Å². The zero-order chi connectivity index (χ0) is 14.9. The summed E-state index contributed by atoms with van der Waals surface area (Å²) in [4.78, 5) is 0. The number of nitrogens with one attached hydrogen (secondary N) is 3. The predicted molar refractivity (Wildman–Crippen MR) is 80.6 cm³/mol. The van der Waals surface area contributed by atoms with Crippen molar-refractivity contribution in [3.05, 3.63) is 41.1 Å². The lowest BCUT2D eigenvalue weighted by Gasteiger charge is -2.09. The number of sulfonamides is 1. The summed E-state index contributed by atoms with van der Waals surface area (Å²) in [5.41, 5.74) is 3.76. The van der Waals surface area contributed by atoms with Gasteiger partial charge in [-0.2, -0.15) is 13.5 Å². The Morgan fingerprint density at radius 2 is 2.10 bits per heavy atom. The molecule has 1 aliphatic rings. The van der Waals surface area contributed by atoms with E-state index in [2.05, 4.69) is 20.2 Å². The summed E-state index contributed by atoms with van der Waals surface area (Å²) in [5.74, 6) is 0. The molecule has 112 valence electrons. The van der Waals surface area contributed by atoms with Crippen LogP contribution in [0, 0.1) is 0 Å². The summed E-state index contributed by atoms with van der Waals surface area (Å²) >= 11 is 0. The highest BCUT2D eigenvalue weighted by Crippen LogP contribution is 2.26. The van der Waals surface area contributed by atoms with Crippen molar-refractivity contribution in [2.45, 2.75) is 30.8 Å². The third-order valence-electron chi connectivity index (χ3n) is 3.66. The van der Waals surface area contributed by atoms with Crippen molar-refractivity contribution in [1.29, 1.82) is 0 Å². The third-order valence-corrected chi connectivity index (χ3v) is 5.06. The molecule has 0 saturated heterocycles. The lowest BCUT2D eigenvalue weighted by molar-refractivity contribution is 0.595. The molecule has 3 N–H and O–H groups in total. The van der Waals surface area contributed by atoms with Crippen LogP contribution in [0.1, 0.15) is 23.1 Å². The number of hydrogen-bond donors (Lipinski definition) is 3. The van der Waals surface area contributed by atoms with E-state index in [0.717, 1.165) is 19.3 Å². The molecule has 1 aromatic heterocycles. The van der Waals surface area contributed by atoms with Crippen LogP contribution in [0.15, 0.2) is 29.4 Å². The van der Waals surface area contributed by atoms with Crippen LogP contribution in [0.3, 0.4) is 0 Å². The lowest BCUT2D eigenvalue weighted by atomic mass is 10.1. The number of hydrogen-bond acceptors (Lipinski definition) is 4. The van der Waals surface area contributed by atoms with Gasteiger partial charge in [-0.3, -0.25) is 9.82 Å². The Morgan fingerprint density at radius 3 is 2.90 bits per heavy atom. The second-order valence-corrected chi connectivity index (χ2v) is 6.82. The Bertz CT molecular complexity index is 752. The van der Waals surface area contributed by atoms with Crippen LogP contribution in [0.25, 0.3) is 0 Å². The molecule has 2 aromatic rings. The second-order valence-electron chi connectivity index (χ2n) is 5.20. The van der Waals surface area contributed by atoms with Crippen LogP contribution >= 0.6 is 0 Å². The van der Waals surface area contributed by atoms with Crippen LogP contribution in [0.5, 0.6) is 0 Å². The van der Waals surface area contributed by atoms with Crippen LogP contribution < -0.4 is 10.0 Å². The second kappa shape index (κ2) is 5.50. The highest BCUT2D eigenvalue weighted by atomic mass is 32.2. The van der Waals surface area contributed by atoms with Crippen LogP contribution in [0.2, 0.25) is 0 Å². The molecule has 0 fully saturated rings.